The van der Waals surface area contributed by atoms with Gasteiger partial charge in [0, 0.05) is 26.3 Å². The molecule has 0 saturated carbocycles. The highest BCUT2D eigenvalue weighted by molar-refractivity contribution is 5.92. The molecule has 1 heterocycles. The molecule has 2 N–H and O–H groups in total. The summed E-state index contributed by atoms with van der Waals surface area (Å²) in [5.74, 6) is -0.0712. The molecule has 2 aromatic rings. The third kappa shape index (κ3) is 4.78. The second-order valence-electron chi connectivity index (χ2n) is 4.52. The van der Waals surface area contributed by atoms with E-state index < -0.39 is 0 Å². The number of nitrogens with zero attached hydrogens (tertiary/aromatic N) is 2. The largest absolute Gasteiger partial charge is 0.383 e. The molecule has 0 saturated heterocycles. The Bertz CT molecular complexity index is 619. The Morgan fingerprint density at radius 3 is 2.77 bits per heavy atom. The lowest BCUT2D eigenvalue weighted by atomic mass is 10.2. The monoisotopic (exact) mass is 304 g/mol. The first-order valence-corrected chi connectivity index (χ1v) is 6.76. The zero-order valence-corrected chi connectivity index (χ0v) is 12.2. The fourth-order valence-corrected chi connectivity index (χ4v) is 1.73. The zero-order valence-electron chi connectivity index (χ0n) is 12.2. The van der Waals surface area contributed by atoms with Crippen LogP contribution in [0.3, 0.4) is 0 Å². The number of methoxy groups -OCH3 is 1. The predicted octanol–water partition coefficient (Wildman–Crippen LogP) is 1.60. The first kappa shape index (κ1) is 15.8. The SMILES string of the molecule is COCCNc1cc(C(=O)NCc2ccc(F)cc2)ncn1. The van der Waals surface area contributed by atoms with Gasteiger partial charge in [-0.2, -0.15) is 0 Å². The van der Waals surface area contributed by atoms with Crippen molar-refractivity contribution in [1.29, 1.82) is 0 Å². The highest BCUT2D eigenvalue weighted by atomic mass is 19.1. The van der Waals surface area contributed by atoms with Crippen LogP contribution in [0.2, 0.25) is 0 Å². The van der Waals surface area contributed by atoms with Crippen LogP contribution in [0.4, 0.5) is 10.2 Å². The van der Waals surface area contributed by atoms with Crippen molar-refractivity contribution < 1.29 is 13.9 Å². The van der Waals surface area contributed by atoms with E-state index in [0.29, 0.717) is 25.5 Å². The Morgan fingerprint density at radius 1 is 1.27 bits per heavy atom. The molecule has 1 amide bonds. The summed E-state index contributed by atoms with van der Waals surface area (Å²) in [7, 11) is 1.61. The molecule has 0 spiro atoms. The van der Waals surface area contributed by atoms with Gasteiger partial charge in [0.2, 0.25) is 0 Å². The molecule has 6 nitrogen and oxygen atoms in total. The number of rotatable bonds is 7. The quantitative estimate of drug-likeness (QED) is 0.760. The molecule has 22 heavy (non-hydrogen) atoms. The van der Waals surface area contributed by atoms with Crippen LogP contribution >= 0.6 is 0 Å². The molecular weight excluding hydrogens is 287 g/mol. The predicted molar refractivity (Wildman–Crippen MR) is 80.0 cm³/mol. The number of anilines is 1. The van der Waals surface area contributed by atoms with Crippen molar-refractivity contribution in [2.45, 2.75) is 6.54 Å². The summed E-state index contributed by atoms with van der Waals surface area (Å²) in [5, 5.41) is 5.75. The number of aromatic nitrogens is 2. The molecule has 2 rings (SSSR count). The average Bonchev–Trinajstić information content (AvgIpc) is 2.54. The lowest BCUT2D eigenvalue weighted by molar-refractivity contribution is 0.0946. The molecule has 1 aromatic heterocycles. The summed E-state index contributed by atoms with van der Waals surface area (Å²) < 4.78 is 17.7. The summed E-state index contributed by atoms with van der Waals surface area (Å²) in [6.45, 7) is 1.43. The van der Waals surface area contributed by atoms with Gasteiger partial charge in [0.25, 0.3) is 5.91 Å². The first-order valence-electron chi connectivity index (χ1n) is 6.76. The van der Waals surface area contributed by atoms with Gasteiger partial charge in [0.1, 0.15) is 23.7 Å². The number of carbonyl (C=O) groups excluding carboxylic acids is 1. The van der Waals surface area contributed by atoms with Crippen molar-refractivity contribution in [3.05, 3.63) is 53.7 Å². The number of ether oxygens (including phenoxy) is 1. The van der Waals surface area contributed by atoms with E-state index in [2.05, 4.69) is 20.6 Å². The van der Waals surface area contributed by atoms with E-state index in [1.54, 1.807) is 25.3 Å². The van der Waals surface area contributed by atoms with E-state index in [0.717, 1.165) is 5.56 Å². The third-order valence-electron chi connectivity index (χ3n) is 2.88. The van der Waals surface area contributed by atoms with Gasteiger partial charge in [-0.1, -0.05) is 12.1 Å². The number of halogens is 1. The molecule has 116 valence electrons. The Hall–Kier alpha value is -2.54. The molecular formula is C15H17FN4O2. The minimum atomic E-state index is -0.318. The van der Waals surface area contributed by atoms with Gasteiger partial charge in [0.05, 0.1) is 6.61 Å². The van der Waals surface area contributed by atoms with E-state index in [1.807, 2.05) is 0 Å². The number of nitrogens with one attached hydrogen (secondary N) is 2. The molecule has 0 radical (unpaired) electrons. The normalized spacial score (nSPS) is 10.3. The standard InChI is InChI=1S/C15H17FN4O2/c1-22-7-6-17-14-8-13(19-10-20-14)15(21)18-9-11-2-4-12(16)5-3-11/h2-5,8,10H,6-7,9H2,1H3,(H,18,21)(H,17,19,20). The maximum absolute atomic E-state index is 12.8. The zero-order chi connectivity index (χ0) is 15.8. The minimum Gasteiger partial charge on any atom is -0.383 e. The summed E-state index contributed by atoms with van der Waals surface area (Å²) in [6.07, 6.45) is 1.32. The molecule has 7 heteroatoms. The number of hydrogen-bond acceptors (Lipinski definition) is 5. The van der Waals surface area contributed by atoms with Gasteiger partial charge in [-0.3, -0.25) is 4.79 Å². The summed E-state index contributed by atoms with van der Waals surface area (Å²) in [6, 6.07) is 7.50. The van der Waals surface area contributed by atoms with Crippen LogP contribution in [0.15, 0.2) is 36.7 Å². The smallest absolute Gasteiger partial charge is 0.270 e. The van der Waals surface area contributed by atoms with Crippen molar-refractivity contribution in [2.75, 3.05) is 25.6 Å². The Balaban J connectivity index is 1.91. The number of amides is 1. The molecule has 1 aromatic carbocycles. The van der Waals surface area contributed by atoms with Crippen molar-refractivity contribution in [2.24, 2.45) is 0 Å². The van der Waals surface area contributed by atoms with Gasteiger partial charge in [0.15, 0.2) is 0 Å². The second-order valence-corrected chi connectivity index (χ2v) is 4.52. The fraction of sp³-hybridized carbons (Fsp3) is 0.267. The van der Waals surface area contributed by atoms with Crippen LogP contribution in [-0.2, 0) is 11.3 Å². The van der Waals surface area contributed by atoms with Crippen LogP contribution < -0.4 is 10.6 Å². The van der Waals surface area contributed by atoms with E-state index >= 15 is 0 Å². The van der Waals surface area contributed by atoms with E-state index in [4.69, 9.17) is 4.74 Å². The second kappa shape index (κ2) is 8.04. The minimum absolute atomic E-state index is 0.261. The fourth-order valence-electron chi connectivity index (χ4n) is 1.73. The van der Waals surface area contributed by atoms with Gasteiger partial charge >= 0.3 is 0 Å². The van der Waals surface area contributed by atoms with Crippen molar-refractivity contribution in [3.63, 3.8) is 0 Å². The van der Waals surface area contributed by atoms with E-state index in [-0.39, 0.29) is 17.4 Å². The first-order chi connectivity index (χ1) is 10.7. The maximum Gasteiger partial charge on any atom is 0.270 e. The van der Waals surface area contributed by atoms with E-state index in [9.17, 15) is 9.18 Å². The van der Waals surface area contributed by atoms with Crippen LogP contribution in [0, 0.1) is 5.82 Å². The molecule has 0 atom stereocenters. The van der Waals surface area contributed by atoms with Crippen molar-refractivity contribution in [3.8, 4) is 0 Å². The summed E-state index contributed by atoms with van der Waals surface area (Å²) in [5.41, 5.74) is 1.07. The molecule has 0 aliphatic heterocycles. The molecule has 0 aliphatic rings. The Morgan fingerprint density at radius 2 is 2.05 bits per heavy atom. The summed E-state index contributed by atoms with van der Waals surface area (Å²) in [4.78, 5) is 20.0. The number of carbonyl (C=O) groups is 1. The topological polar surface area (TPSA) is 76.1 Å². The lowest BCUT2D eigenvalue weighted by Gasteiger charge is -2.07. The molecule has 0 bridgehead atoms. The van der Waals surface area contributed by atoms with Crippen molar-refractivity contribution in [1.82, 2.24) is 15.3 Å². The van der Waals surface area contributed by atoms with Crippen LogP contribution in [0.1, 0.15) is 16.1 Å². The summed E-state index contributed by atoms with van der Waals surface area (Å²) >= 11 is 0. The van der Waals surface area contributed by atoms with E-state index in [1.165, 1.54) is 18.5 Å². The van der Waals surface area contributed by atoms with Crippen LogP contribution in [0.25, 0.3) is 0 Å². The van der Waals surface area contributed by atoms with Gasteiger partial charge in [-0.15, -0.1) is 0 Å². The van der Waals surface area contributed by atoms with Crippen LogP contribution in [-0.4, -0.2) is 36.1 Å². The van der Waals surface area contributed by atoms with Gasteiger partial charge in [-0.05, 0) is 17.7 Å². The van der Waals surface area contributed by atoms with Gasteiger partial charge < -0.3 is 15.4 Å². The third-order valence-corrected chi connectivity index (χ3v) is 2.88. The molecule has 0 fully saturated rings. The lowest BCUT2D eigenvalue weighted by Crippen LogP contribution is -2.24. The number of benzene rings is 1. The Labute approximate surface area is 127 Å². The molecule has 0 unspecified atom stereocenters. The average molecular weight is 304 g/mol. The number of hydrogen-bond donors (Lipinski definition) is 2. The van der Waals surface area contributed by atoms with Gasteiger partial charge in [-0.25, -0.2) is 14.4 Å². The highest BCUT2D eigenvalue weighted by Crippen LogP contribution is 2.05. The maximum atomic E-state index is 12.8. The van der Waals surface area contributed by atoms with Crippen LogP contribution in [0.5, 0.6) is 0 Å². The van der Waals surface area contributed by atoms with Crippen molar-refractivity contribution >= 4 is 11.7 Å². The Kier molecular flexibility index (Phi) is 5.79. The highest BCUT2D eigenvalue weighted by Gasteiger charge is 2.08. The molecule has 0 aliphatic carbocycles.